The Morgan fingerprint density at radius 2 is 1.63 bits per heavy atom. The predicted octanol–water partition coefficient (Wildman–Crippen LogP) is 4.40. The minimum Gasteiger partial charge on any atom is -0.325 e. The molecule has 5 aromatic rings. The van der Waals surface area contributed by atoms with Crippen molar-refractivity contribution in [2.45, 2.75) is 26.8 Å². The molecule has 1 N–H and O–H groups in total. The van der Waals surface area contributed by atoms with Crippen LogP contribution in [0.2, 0.25) is 0 Å². The molecule has 0 saturated heterocycles. The number of aryl methyl sites for hydroxylation is 1. The first-order valence-corrected chi connectivity index (χ1v) is 11.4. The molecule has 0 fully saturated rings. The van der Waals surface area contributed by atoms with E-state index in [1.165, 1.54) is 4.52 Å². The molecular weight excluding hydrogens is 438 g/mol. The van der Waals surface area contributed by atoms with Crippen LogP contribution < -0.4 is 10.9 Å². The highest BCUT2D eigenvalue weighted by atomic mass is 16.2. The Hall–Kier alpha value is -4.52. The lowest BCUT2D eigenvalue weighted by atomic mass is 10.0. The van der Waals surface area contributed by atoms with Crippen molar-refractivity contribution in [2.75, 3.05) is 5.32 Å². The standard InChI is InChI=1S/C28H25N5O2/c1-19-10-9-15-23(16-19)29-25(34)18-32-20(2)24(17-21-11-5-3-6-12-21)27(35)33-28(32)30-26(31-33)22-13-7-4-8-14-22/h3-16H,17-18H2,1-2H3,(H,29,34). The lowest BCUT2D eigenvalue weighted by Crippen LogP contribution is -2.29. The third-order valence-electron chi connectivity index (χ3n) is 5.98. The molecule has 0 aliphatic rings. The topological polar surface area (TPSA) is 81.3 Å². The quantitative estimate of drug-likeness (QED) is 0.405. The molecule has 0 radical (unpaired) electrons. The van der Waals surface area contributed by atoms with E-state index >= 15 is 0 Å². The van der Waals surface area contributed by atoms with Gasteiger partial charge in [-0.2, -0.15) is 9.50 Å². The molecule has 1 amide bonds. The molecule has 0 aliphatic carbocycles. The molecule has 2 heterocycles. The zero-order valence-electron chi connectivity index (χ0n) is 19.6. The van der Waals surface area contributed by atoms with Crippen LogP contribution in [0.5, 0.6) is 0 Å². The highest BCUT2D eigenvalue weighted by Gasteiger charge is 2.20. The Balaban J connectivity index is 1.61. The van der Waals surface area contributed by atoms with Crippen LogP contribution >= 0.6 is 0 Å². The van der Waals surface area contributed by atoms with Crippen molar-refractivity contribution in [3.63, 3.8) is 0 Å². The number of anilines is 1. The summed E-state index contributed by atoms with van der Waals surface area (Å²) in [4.78, 5) is 31.2. The second-order valence-electron chi connectivity index (χ2n) is 8.55. The Labute approximate surface area is 202 Å². The molecule has 174 valence electrons. The fourth-order valence-corrected chi connectivity index (χ4v) is 4.18. The van der Waals surface area contributed by atoms with Gasteiger partial charge in [0.15, 0.2) is 5.82 Å². The molecule has 3 aromatic carbocycles. The molecule has 7 nitrogen and oxygen atoms in total. The normalized spacial score (nSPS) is 11.0. The Morgan fingerprint density at radius 1 is 0.914 bits per heavy atom. The summed E-state index contributed by atoms with van der Waals surface area (Å²) in [5.74, 6) is 0.563. The summed E-state index contributed by atoms with van der Waals surface area (Å²) in [7, 11) is 0. The third-order valence-corrected chi connectivity index (χ3v) is 5.98. The monoisotopic (exact) mass is 463 g/mol. The number of benzene rings is 3. The third kappa shape index (κ3) is 4.61. The van der Waals surface area contributed by atoms with Gasteiger partial charge in [-0.15, -0.1) is 5.10 Å². The minimum atomic E-state index is -0.230. The van der Waals surface area contributed by atoms with Gasteiger partial charge >= 0.3 is 0 Å². The maximum Gasteiger partial charge on any atom is 0.279 e. The Kier molecular flexibility index (Phi) is 5.97. The van der Waals surface area contributed by atoms with E-state index < -0.39 is 0 Å². The van der Waals surface area contributed by atoms with Crippen molar-refractivity contribution in [3.05, 3.63) is 118 Å². The number of fused-ring (bicyclic) bond motifs is 1. The molecule has 35 heavy (non-hydrogen) atoms. The van der Waals surface area contributed by atoms with Crippen LogP contribution in [0.1, 0.15) is 22.4 Å². The molecule has 0 aliphatic heterocycles. The van der Waals surface area contributed by atoms with Gasteiger partial charge in [0.25, 0.3) is 5.56 Å². The number of rotatable bonds is 6. The van der Waals surface area contributed by atoms with Crippen molar-refractivity contribution in [2.24, 2.45) is 0 Å². The second-order valence-corrected chi connectivity index (χ2v) is 8.55. The lowest BCUT2D eigenvalue weighted by molar-refractivity contribution is -0.116. The minimum absolute atomic E-state index is 0.00172. The highest BCUT2D eigenvalue weighted by molar-refractivity contribution is 5.91. The van der Waals surface area contributed by atoms with Crippen molar-refractivity contribution >= 4 is 17.4 Å². The Bertz CT molecular complexity index is 1570. The number of aromatic nitrogens is 4. The number of nitrogens with one attached hydrogen (secondary N) is 1. The van der Waals surface area contributed by atoms with E-state index in [2.05, 4.69) is 15.4 Å². The van der Waals surface area contributed by atoms with Crippen molar-refractivity contribution in [1.29, 1.82) is 0 Å². The number of carbonyl (C=O) groups is 1. The highest BCUT2D eigenvalue weighted by Crippen LogP contribution is 2.19. The molecule has 5 rings (SSSR count). The fraction of sp³-hybridized carbons (Fsp3) is 0.143. The number of amides is 1. The van der Waals surface area contributed by atoms with Crippen LogP contribution in [0.3, 0.4) is 0 Å². The van der Waals surface area contributed by atoms with Gasteiger partial charge in [0.2, 0.25) is 11.7 Å². The lowest BCUT2D eigenvalue weighted by Gasteiger charge is -2.15. The van der Waals surface area contributed by atoms with Crippen molar-refractivity contribution in [3.8, 4) is 11.4 Å². The number of hydrogen-bond acceptors (Lipinski definition) is 4. The van der Waals surface area contributed by atoms with Crippen LogP contribution in [0.25, 0.3) is 17.2 Å². The average molecular weight is 464 g/mol. The first kappa shape index (κ1) is 22.3. The summed E-state index contributed by atoms with van der Waals surface area (Å²) in [5.41, 5.74) is 4.63. The SMILES string of the molecule is Cc1cccc(NC(=O)Cn2c(C)c(Cc3ccccc3)c(=O)n3nc(-c4ccccc4)nc23)c1. The molecule has 0 unspecified atom stereocenters. The second kappa shape index (κ2) is 9.38. The zero-order valence-corrected chi connectivity index (χ0v) is 19.6. The summed E-state index contributed by atoms with van der Waals surface area (Å²) in [6.07, 6.45) is 0.432. The van der Waals surface area contributed by atoms with Gasteiger partial charge in [-0.25, -0.2) is 0 Å². The number of hydrogen-bond donors (Lipinski definition) is 1. The summed E-state index contributed by atoms with van der Waals surface area (Å²) in [6.45, 7) is 3.83. The van der Waals surface area contributed by atoms with Crippen LogP contribution in [-0.4, -0.2) is 25.1 Å². The van der Waals surface area contributed by atoms with Crippen LogP contribution in [0.15, 0.2) is 89.7 Å². The van der Waals surface area contributed by atoms with Gasteiger partial charge in [-0.3, -0.25) is 9.59 Å². The van der Waals surface area contributed by atoms with E-state index in [1.807, 2.05) is 98.8 Å². The summed E-state index contributed by atoms with van der Waals surface area (Å²) >= 11 is 0. The predicted molar refractivity (Wildman–Crippen MR) is 136 cm³/mol. The van der Waals surface area contributed by atoms with E-state index in [-0.39, 0.29) is 18.0 Å². The zero-order chi connectivity index (χ0) is 24.4. The summed E-state index contributed by atoms with van der Waals surface area (Å²) in [6, 6.07) is 26.9. The molecule has 7 heteroatoms. The van der Waals surface area contributed by atoms with E-state index in [9.17, 15) is 9.59 Å². The van der Waals surface area contributed by atoms with Crippen LogP contribution in [0.4, 0.5) is 5.69 Å². The van der Waals surface area contributed by atoms with E-state index in [4.69, 9.17) is 0 Å². The van der Waals surface area contributed by atoms with E-state index in [0.29, 0.717) is 29.3 Å². The van der Waals surface area contributed by atoms with E-state index in [1.54, 1.807) is 4.57 Å². The smallest absolute Gasteiger partial charge is 0.279 e. The molecular formula is C28H25N5O2. The average Bonchev–Trinajstić information content (AvgIpc) is 3.31. The van der Waals surface area contributed by atoms with Gasteiger partial charge in [-0.05, 0) is 37.1 Å². The van der Waals surface area contributed by atoms with Crippen LogP contribution in [-0.2, 0) is 17.8 Å². The summed E-state index contributed by atoms with van der Waals surface area (Å²) < 4.78 is 3.08. The maximum atomic E-state index is 13.5. The van der Waals surface area contributed by atoms with Gasteiger partial charge in [-0.1, -0.05) is 72.8 Å². The molecule has 2 aromatic heterocycles. The van der Waals surface area contributed by atoms with Gasteiger partial charge in [0.05, 0.1) is 0 Å². The molecule has 0 spiro atoms. The first-order valence-electron chi connectivity index (χ1n) is 11.4. The summed E-state index contributed by atoms with van der Waals surface area (Å²) in [5, 5.41) is 7.48. The largest absolute Gasteiger partial charge is 0.325 e. The number of nitrogens with zero attached hydrogens (tertiary/aromatic N) is 4. The van der Waals surface area contributed by atoms with Crippen LogP contribution in [0, 0.1) is 13.8 Å². The Morgan fingerprint density at radius 3 is 2.34 bits per heavy atom. The molecule has 0 saturated carbocycles. The van der Waals surface area contributed by atoms with Gasteiger partial charge < -0.3 is 9.88 Å². The van der Waals surface area contributed by atoms with Crippen molar-refractivity contribution < 1.29 is 4.79 Å². The fourth-order valence-electron chi connectivity index (χ4n) is 4.18. The van der Waals surface area contributed by atoms with Crippen molar-refractivity contribution in [1.82, 2.24) is 19.2 Å². The molecule has 0 atom stereocenters. The van der Waals surface area contributed by atoms with Gasteiger partial charge in [0, 0.05) is 28.9 Å². The maximum absolute atomic E-state index is 13.5. The first-order chi connectivity index (χ1) is 17.0. The number of carbonyl (C=O) groups excluding carboxylic acids is 1. The van der Waals surface area contributed by atoms with E-state index in [0.717, 1.165) is 22.4 Å². The van der Waals surface area contributed by atoms with Gasteiger partial charge in [0.1, 0.15) is 6.54 Å². The molecule has 0 bridgehead atoms.